The lowest BCUT2D eigenvalue weighted by Gasteiger charge is -2.46. The highest BCUT2D eigenvalue weighted by atomic mass is 32.2. The molecular formula is C33H30F9NO5S. The summed E-state index contributed by atoms with van der Waals surface area (Å²) in [4.78, 5) is 12.7. The second-order valence-corrected chi connectivity index (χ2v) is 14.4. The Morgan fingerprint density at radius 3 is 1.92 bits per heavy atom. The maximum atomic E-state index is 14.5. The van der Waals surface area contributed by atoms with Crippen LogP contribution in [0.1, 0.15) is 42.4 Å². The molecule has 2 aliphatic rings. The van der Waals surface area contributed by atoms with Crippen molar-refractivity contribution in [1.29, 1.82) is 0 Å². The minimum Gasteiger partial charge on any atom is -0.381 e. The molecular weight excluding hydrogens is 693 g/mol. The van der Waals surface area contributed by atoms with E-state index >= 15 is 0 Å². The molecule has 3 aromatic carbocycles. The van der Waals surface area contributed by atoms with Gasteiger partial charge in [-0.1, -0.05) is 30.3 Å². The van der Waals surface area contributed by atoms with Crippen molar-refractivity contribution >= 4 is 15.7 Å². The molecule has 49 heavy (non-hydrogen) atoms. The summed E-state index contributed by atoms with van der Waals surface area (Å²) in [5.41, 5.74) is -8.01. The molecule has 0 spiro atoms. The predicted molar refractivity (Wildman–Crippen MR) is 156 cm³/mol. The molecule has 0 atom stereocenters. The van der Waals surface area contributed by atoms with Crippen molar-refractivity contribution in [2.75, 3.05) is 19.8 Å². The lowest BCUT2D eigenvalue weighted by atomic mass is 9.69. The number of carbonyl (C=O) groups excluding carboxylic acids is 1. The number of nitrogens with one attached hydrogen (secondary N) is 1. The average Bonchev–Trinajstić information content (AvgIpc) is 3.01. The molecule has 266 valence electrons. The van der Waals surface area contributed by atoms with E-state index in [9.17, 15) is 52.7 Å². The first-order valence-electron chi connectivity index (χ1n) is 15.1. The van der Waals surface area contributed by atoms with Crippen molar-refractivity contribution in [3.63, 3.8) is 0 Å². The number of sulfone groups is 1. The van der Waals surface area contributed by atoms with E-state index < -0.39 is 79.5 Å². The van der Waals surface area contributed by atoms with Crippen molar-refractivity contribution in [3.05, 3.63) is 101 Å². The molecule has 1 heterocycles. The number of hydrogen-bond donors (Lipinski definition) is 1. The molecule has 0 radical (unpaired) electrons. The van der Waals surface area contributed by atoms with E-state index in [4.69, 9.17) is 4.74 Å². The first kappa shape index (κ1) is 36.6. The fourth-order valence-electron chi connectivity index (χ4n) is 6.31. The quantitative estimate of drug-likeness (QED) is 0.176. The Hall–Kier alpha value is -3.63. The molecule has 1 amide bonds. The summed E-state index contributed by atoms with van der Waals surface area (Å²) >= 11 is 0. The standard InChI is InChI=1S/C33H30F9NO5S/c34-24-8-10-25(11-9-24)49(45,46)30(16-21(17-30)29(44)43-18-20-12-14-47-15-13-20)22-4-6-23(7-5-22)31(32(37,38)39,33(40,41)42)48-19-26-27(35)2-1-3-28(26)36/h1-11,20-21H,12-19H2,(H,43,44). The number of alkyl halides is 6. The predicted octanol–water partition coefficient (Wildman–Crippen LogP) is 7.26. The third kappa shape index (κ3) is 6.78. The van der Waals surface area contributed by atoms with E-state index in [-0.39, 0.29) is 29.2 Å². The molecule has 3 aromatic rings. The number of benzene rings is 3. The Bertz CT molecular complexity index is 1710. The summed E-state index contributed by atoms with van der Waals surface area (Å²) in [6.45, 7) is -0.409. The fourth-order valence-corrected chi connectivity index (χ4v) is 8.54. The second-order valence-electron chi connectivity index (χ2n) is 12.1. The van der Waals surface area contributed by atoms with Crippen LogP contribution in [0.25, 0.3) is 0 Å². The highest BCUT2D eigenvalue weighted by Gasteiger charge is 2.73. The molecule has 0 unspecified atom stereocenters. The number of carbonyl (C=O) groups is 1. The van der Waals surface area contributed by atoms with Gasteiger partial charge >= 0.3 is 12.4 Å². The zero-order valence-electron chi connectivity index (χ0n) is 25.5. The normalized spacial score (nSPS) is 20.9. The SMILES string of the molecule is O=C(NCC1CCOCC1)C1CC(c2ccc(C(OCc3c(F)cccc3F)(C(F)(F)F)C(F)(F)F)cc2)(S(=O)(=O)c2ccc(F)cc2)C1. The molecule has 16 heteroatoms. The smallest absolute Gasteiger partial charge is 0.381 e. The van der Waals surface area contributed by atoms with Crippen LogP contribution < -0.4 is 5.32 Å². The van der Waals surface area contributed by atoms with Gasteiger partial charge in [0.25, 0.3) is 5.60 Å². The van der Waals surface area contributed by atoms with Gasteiger partial charge in [-0.3, -0.25) is 4.79 Å². The fraction of sp³-hybridized carbons (Fsp3) is 0.424. The van der Waals surface area contributed by atoms with Gasteiger partial charge in [0.2, 0.25) is 5.91 Å². The van der Waals surface area contributed by atoms with Crippen LogP contribution in [-0.4, -0.2) is 46.4 Å². The van der Waals surface area contributed by atoms with Crippen LogP contribution in [0.5, 0.6) is 0 Å². The third-order valence-corrected chi connectivity index (χ3v) is 11.7. The molecule has 1 saturated carbocycles. The first-order chi connectivity index (χ1) is 22.9. The van der Waals surface area contributed by atoms with E-state index in [0.29, 0.717) is 56.9 Å². The van der Waals surface area contributed by atoms with Crippen molar-refractivity contribution in [1.82, 2.24) is 5.32 Å². The van der Waals surface area contributed by atoms with Crippen molar-refractivity contribution in [2.45, 2.75) is 59.9 Å². The van der Waals surface area contributed by atoms with Crippen molar-refractivity contribution in [3.8, 4) is 0 Å². The van der Waals surface area contributed by atoms with Gasteiger partial charge in [-0.2, -0.15) is 26.3 Å². The van der Waals surface area contributed by atoms with Crippen LogP contribution in [0.15, 0.2) is 71.6 Å². The van der Waals surface area contributed by atoms with E-state index in [1.165, 1.54) is 0 Å². The van der Waals surface area contributed by atoms with E-state index in [1.807, 2.05) is 0 Å². The maximum Gasteiger partial charge on any atom is 0.430 e. The van der Waals surface area contributed by atoms with Gasteiger partial charge in [0.05, 0.1) is 11.5 Å². The van der Waals surface area contributed by atoms with Gasteiger partial charge in [-0.25, -0.2) is 21.6 Å². The van der Waals surface area contributed by atoms with Crippen LogP contribution in [-0.2, 0) is 41.1 Å². The third-order valence-electron chi connectivity index (χ3n) is 9.18. The van der Waals surface area contributed by atoms with E-state index in [2.05, 4.69) is 10.1 Å². The van der Waals surface area contributed by atoms with Gasteiger partial charge in [0.15, 0.2) is 9.84 Å². The van der Waals surface area contributed by atoms with Gasteiger partial charge in [0, 0.05) is 36.8 Å². The number of rotatable bonds is 10. The number of ether oxygens (including phenoxy) is 2. The summed E-state index contributed by atoms with van der Waals surface area (Å²) in [7, 11) is -4.52. The zero-order valence-corrected chi connectivity index (χ0v) is 26.3. The zero-order chi connectivity index (χ0) is 35.8. The van der Waals surface area contributed by atoms with Crippen molar-refractivity contribution in [2.24, 2.45) is 11.8 Å². The second kappa shape index (κ2) is 13.6. The van der Waals surface area contributed by atoms with Crippen LogP contribution in [0.2, 0.25) is 0 Å². The molecule has 1 aliphatic heterocycles. The number of hydrogen-bond acceptors (Lipinski definition) is 5. The summed E-state index contributed by atoms with van der Waals surface area (Å²) in [6.07, 6.45) is -11.8. The monoisotopic (exact) mass is 723 g/mol. The first-order valence-corrected chi connectivity index (χ1v) is 16.6. The summed E-state index contributed by atoms with van der Waals surface area (Å²) < 4.78 is 164. The minimum atomic E-state index is -6.21. The molecule has 5 rings (SSSR count). The molecule has 6 nitrogen and oxygen atoms in total. The van der Waals surface area contributed by atoms with Crippen molar-refractivity contribution < 1.29 is 62.2 Å². The van der Waals surface area contributed by atoms with Gasteiger partial charge in [0.1, 0.15) is 22.2 Å². The maximum absolute atomic E-state index is 14.5. The summed E-state index contributed by atoms with van der Waals surface area (Å²) in [5, 5.41) is 2.78. The van der Waals surface area contributed by atoms with Gasteiger partial charge in [-0.05, 0) is 73.6 Å². The molecule has 1 aliphatic carbocycles. The lowest BCUT2D eigenvalue weighted by Crippen LogP contribution is -2.56. The topological polar surface area (TPSA) is 81.7 Å². The highest BCUT2D eigenvalue weighted by molar-refractivity contribution is 7.92. The average molecular weight is 724 g/mol. The summed E-state index contributed by atoms with van der Waals surface area (Å²) in [5.74, 6) is -4.84. The van der Waals surface area contributed by atoms with Crippen LogP contribution >= 0.6 is 0 Å². The van der Waals surface area contributed by atoms with E-state index in [0.717, 1.165) is 42.5 Å². The number of amides is 1. The van der Waals surface area contributed by atoms with Crippen LogP contribution in [0, 0.1) is 29.3 Å². The molecule has 1 N–H and O–H groups in total. The molecule has 0 bridgehead atoms. The van der Waals surface area contributed by atoms with Gasteiger partial charge < -0.3 is 14.8 Å². The Morgan fingerprint density at radius 1 is 0.837 bits per heavy atom. The molecule has 1 saturated heterocycles. The van der Waals surface area contributed by atoms with E-state index in [1.54, 1.807) is 0 Å². The highest BCUT2D eigenvalue weighted by Crippen LogP contribution is 2.56. The Balaban J connectivity index is 1.51. The minimum absolute atomic E-state index is 0.137. The van der Waals surface area contributed by atoms with Crippen LogP contribution in [0.4, 0.5) is 39.5 Å². The largest absolute Gasteiger partial charge is 0.430 e. The summed E-state index contributed by atoms with van der Waals surface area (Å²) in [6, 6.07) is 8.09. The molecule has 0 aromatic heterocycles. The van der Waals surface area contributed by atoms with Gasteiger partial charge in [-0.15, -0.1) is 0 Å². The Labute approximate surface area is 275 Å². The molecule has 2 fully saturated rings. The number of halogens is 9. The Kier molecular flexibility index (Phi) is 10.2. The van der Waals surface area contributed by atoms with Crippen LogP contribution in [0.3, 0.4) is 0 Å². The lowest BCUT2D eigenvalue weighted by molar-refractivity contribution is -0.392. The Morgan fingerprint density at radius 2 is 1.39 bits per heavy atom.